The molecule has 1 amide bonds. The molecule has 0 radical (unpaired) electrons. The Morgan fingerprint density at radius 1 is 1.00 bits per heavy atom. The molecule has 160 valence electrons. The van der Waals surface area contributed by atoms with E-state index in [0.717, 1.165) is 40.2 Å². The summed E-state index contributed by atoms with van der Waals surface area (Å²) in [5.41, 5.74) is 0.724. The van der Waals surface area contributed by atoms with E-state index in [9.17, 15) is 4.79 Å². The zero-order valence-electron chi connectivity index (χ0n) is 17.9. The van der Waals surface area contributed by atoms with Crippen molar-refractivity contribution in [3.05, 3.63) is 81.7 Å². The first-order valence-electron chi connectivity index (χ1n) is 10.1. The summed E-state index contributed by atoms with van der Waals surface area (Å²) in [6.45, 7) is 5.85. The third-order valence-electron chi connectivity index (χ3n) is 5.56. The maximum Gasteiger partial charge on any atom is 0.500 e. The Labute approximate surface area is 178 Å². The molecule has 0 saturated carbocycles. The molecule has 0 heterocycles. The minimum Gasteiger partial charge on any atom is -0.377 e. The van der Waals surface area contributed by atoms with E-state index in [-0.39, 0.29) is 5.91 Å². The molecule has 6 nitrogen and oxygen atoms in total. The van der Waals surface area contributed by atoms with Crippen LogP contribution >= 0.6 is 0 Å². The highest BCUT2D eigenvalue weighted by molar-refractivity contribution is 6.60. The van der Waals surface area contributed by atoms with Crippen molar-refractivity contribution in [1.82, 2.24) is 10.2 Å². The Balaban J connectivity index is 1.57. The van der Waals surface area contributed by atoms with E-state index >= 15 is 0 Å². The Kier molecular flexibility index (Phi) is 7.57. The average molecular weight is 427 g/mol. The monoisotopic (exact) mass is 426 g/mol. The van der Waals surface area contributed by atoms with Gasteiger partial charge in [-0.15, -0.1) is 0 Å². The highest BCUT2D eigenvalue weighted by Crippen LogP contribution is 2.18. The Morgan fingerprint density at radius 2 is 1.67 bits per heavy atom. The number of rotatable bonds is 12. The molecule has 0 atom stereocenters. The van der Waals surface area contributed by atoms with Gasteiger partial charge in [0.05, 0.1) is 0 Å². The number of hydrogen-bond donors (Lipinski definition) is 1. The Bertz CT molecular complexity index is 1080. The number of carbonyl (C=O) groups excluding carboxylic acids is 1. The molecular weight excluding hydrogens is 396 g/mol. The van der Waals surface area contributed by atoms with Gasteiger partial charge in [-0.25, -0.2) is 0 Å². The van der Waals surface area contributed by atoms with E-state index in [1.54, 1.807) is 32.4 Å². The second-order valence-corrected chi connectivity index (χ2v) is 10.2. The molecule has 2 aromatic carbocycles. The summed E-state index contributed by atoms with van der Waals surface area (Å²) >= 11 is 0. The number of nitrogens with one attached hydrogen (secondary N) is 1. The molecule has 0 aliphatic heterocycles. The van der Waals surface area contributed by atoms with Gasteiger partial charge in [0.1, 0.15) is 0 Å². The van der Waals surface area contributed by atoms with Crippen LogP contribution in [-0.2, 0) is 13.3 Å². The van der Waals surface area contributed by atoms with Gasteiger partial charge < -0.3 is 23.5 Å². The van der Waals surface area contributed by atoms with Crippen molar-refractivity contribution in [1.29, 1.82) is 0 Å². The molecule has 1 aliphatic rings. The smallest absolute Gasteiger partial charge is 0.377 e. The van der Waals surface area contributed by atoms with Gasteiger partial charge in [-0.05, 0) is 40.9 Å². The van der Waals surface area contributed by atoms with Gasteiger partial charge in [0.25, 0.3) is 5.91 Å². The molecular formula is C23H30N2O4Si. The largest absolute Gasteiger partial charge is 0.500 e. The van der Waals surface area contributed by atoms with E-state index in [1.165, 1.54) is 5.22 Å². The van der Waals surface area contributed by atoms with Gasteiger partial charge in [0, 0.05) is 51.2 Å². The van der Waals surface area contributed by atoms with Gasteiger partial charge in [-0.1, -0.05) is 43.0 Å². The predicted molar refractivity (Wildman–Crippen MR) is 119 cm³/mol. The van der Waals surface area contributed by atoms with E-state index in [0.29, 0.717) is 13.1 Å². The normalized spacial score (nSPS) is 12.0. The zero-order chi connectivity index (χ0) is 21.6. The molecule has 0 fully saturated rings. The van der Waals surface area contributed by atoms with Crippen molar-refractivity contribution in [2.75, 3.05) is 41.0 Å². The molecule has 30 heavy (non-hydrogen) atoms. The fourth-order valence-electron chi connectivity index (χ4n) is 3.86. The van der Waals surface area contributed by atoms with Crippen LogP contribution in [0.15, 0.2) is 55.2 Å². The lowest BCUT2D eigenvalue weighted by Gasteiger charge is -2.24. The number of nitrogens with zero attached hydrogens (tertiary/aromatic N) is 1. The lowest BCUT2D eigenvalue weighted by Crippen LogP contribution is -2.43. The molecule has 7 heteroatoms. The molecule has 0 bridgehead atoms. The van der Waals surface area contributed by atoms with Crippen LogP contribution in [0, 0.1) is 20.9 Å². The van der Waals surface area contributed by atoms with Crippen LogP contribution in [0.2, 0.25) is 6.04 Å². The number of fused-ring (bicyclic) bond motifs is 2. The van der Waals surface area contributed by atoms with Crippen molar-refractivity contribution in [2.24, 2.45) is 0 Å². The molecule has 3 rings (SSSR count). The summed E-state index contributed by atoms with van der Waals surface area (Å²) in [6, 6.07) is 14.8. The Morgan fingerprint density at radius 3 is 2.33 bits per heavy atom. The van der Waals surface area contributed by atoms with Crippen molar-refractivity contribution < 1.29 is 18.1 Å². The van der Waals surface area contributed by atoms with Crippen LogP contribution in [0.1, 0.15) is 16.8 Å². The van der Waals surface area contributed by atoms with Crippen LogP contribution in [0.5, 0.6) is 0 Å². The standard InChI is InChI=1S/C23H30N2O4Si/c1-5-25(16-15-24-14-9-17-30(27-2,28-3)29-4)23(26)21-13-8-12-20-18-10-6-7-11-19(18)22(20)21/h5-8,10-13,24H,1,9,14-17H2,2-4H3. The van der Waals surface area contributed by atoms with E-state index in [2.05, 4.69) is 30.1 Å². The first-order chi connectivity index (χ1) is 14.6. The van der Waals surface area contributed by atoms with Crippen LogP contribution in [0.3, 0.4) is 0 Å². The fraction of sp³-hybridized carbons (Fsp3) is 0.348. The Hall–Kier alpha value is -2.29. The van der Waals surface area contributed by atoms with Crippen molar-refractivity contribution in [3.8, 4) is 0 Å². The van der Waals surface area contributed by atoms with Gasteiger partial charge in [0.15, 0.2) is 0 Å². The van der Waals surface area contributed by atoms with Gasteiger partial charge in [-0.3, -0.25) is 4.79 Å². The fourth-order valence-corrected chi connectivity index (χ4v) is 5.58. The second kappa shape index (κ2) is 10.1. The van der Waals surface area contributed by atoms with Crippen molar-refractivity contribution in [3.63, 3.8) is 0 Å². The molecule has 0 unspecified atom stereocenters. The third-order valence-corrected chi connectivity index (χ3v) is 8.39. The maximum atomic E-state index is 13.1. The van der Waals surface area contributed by atoms with E-state index < -0.39 is 8.80 Å². The highest BCUT2D eigenvalue weighted by Gasteiger charge is 2.36. The first-order valence-corrected chi connectivity index (χ1v) is 12.1. The number of benzene rings is 2. The summed E-state index contributed by atoms with van der Waals surface area (Å²) in [7, 11) is 2.34. The molecule has 1 aliphatic carbocycles. The lowest BCUT2D eigenvalue weighted by molar-refractivity contribution is 0.0822. The van der Waals surface area contributed by atoms with Gasteiger partial charge in [0.2, 0.25) is 0 Å². The summed E-state index contributed by atoms with van der Waals surface area (Å²) in [6.07, 6.45) is 2.47. The predicted octanol–water partition coefficient (Wildman–Crippen LogP) is 3.02. The number of carbonyl (C=O) groups is 1. The highest BCUT2D eigenvalue weighted by atomic mass is 28.4. The second-order valence-electron chi connectivity index (χ2n) is 7.10. The summed E-state index contributed by atoms with van der Waals surface area (Å²) in [5, 5.41) is 7.89. The van der Waals surface area contributed by atoms with Crippen molar-refractivity contribution in [2.45, 2.75) is 12.5 Å². The van der Waals surface area contributed by atoms with Crippen LogP contribution < -0.4 is 5.32 Å². The van der Waals surface area contributed by atoms with Crippen LogP contribution in [-0.4, -0.2) is 60.6 Å². The first kappa shape index (κ1) is 22.4. The SMILES string of the molecule is C=CN(CCNCCC[Si](OC)(OC)OC)C(=O)c1cccc2c1=c1ccccc1=2. The van der Waals surface area contributed by atoms with E-state index in [1.807, 2.05) is 24.3 Å². The van der Waals surface area contributed by atoms with Crippen molar-refractivity contribution >= 4 is 14.7 Å². The molecule has 0 aromatic heterocycles. The minimum absolute atomic E-state index is 0.0253. The summed E-state index contributed by atoms with van der Waals surface area (Å²) in [4.78, 5) is 14.8. The van der Waals surface area contributed by atoms with Gasteiger partial charge in [-0.2, -0.15) is 0 Å². The van der Waals surface area contributed by atoms with Crippen LogP contribution in [0.4, 0.5) is 0 Å². The molecule has 0 spiro atoms. The topological polar surface area (TPSA) is 60.0 Å². The lowest BCUT2D eigenvalue weighted by atomic mass is 9.97. The summed E-state index contributed by atoms with van der Waals surface area (Å²) in [5.74, 6) is -0.0253. The molecule has 1 N–H and O–H groups in total. The third kappa shape index (κ3) is 4.40. The number of hydrogen-bond acceptors (Lipinski definition) is 5. The number of amides is 1. The van der Waals surface area contributed by atoms with Gasteiger partial charge >= 0.3 is 8.80 Å². The van der Waals surface area contributed by atoms with E-state index in [4.69, 9.17) is 13.3 Å². The molecule has 2 aromatic rings. The quantitative estimate of drug-likeness (QED) is 0.356. The minimum atomic E-state index is -2.52. The summed E-state index contributed by atoms with van der Waals surface area (Å²) < 4.78 is 16.3. The average Bonchev–Trinajstić information content (AvgIpc) is 2.79. The maximum absolute atomic E-state index is 13.1. The molecule has 0 saturated heterocycles. The zero-order valence-corrected chi connectivity index (χ0v) is 18.9. The van der Waals surface area contributed by atoms with Crippen LogP contribution in [0.25, 0.3) is 0 Å².